The first-order chi connectivity index (χ1) is 12.2. The number of pyridine rings is 1. The number of anilines is 2. The SMILES string of the molecule is Nc1c(-c2cnn3c2CCCC3)ccnc1NC(=O)C1CCCCC1. The molecular weight excluding hydrogens is 314 g/mol. The van der Waals surface area contributed by atoms with E-state index in [1.165, 1.54) is 25.0 Å². The number of amides is 1. The zero-order chi connectivity index (χ0) is 17.2. The number of nitrogens with two attached hydrogens (primary N) is 1. The molecule has 2 aromatic heterocycles. The van der Waals surface area contributed by atoms with Crippen LogP contribution in [0.2, 0.25) is 0 Å². The highest BCUT2D eigenvalue weighted by atomic mass is 16.1. The summed E-state index contributed by atoms with van der Waals surface area (Å²) in [6, 6.07) is 1.91. The molecule has 6 heteroatoms. The Morgan fingerprint density at radius 1 is 1.16 bits per heavy atom. The average molecular weight is 339 g/mol. The molecule has 0 radical (unpaired) electrons. The van der Waals surface area contributed by atoms with Gasteiger partial charge in [-0.05, 0) is 38.2 Å². The monoisotopic (exact) mass is 339 g/mol. The van der Waals surface area contributed by atoms with E-state index < -0.39 is 0 Å². The van der Waals surface area contributed by atoms with Crippen molar-refractivity contribution in [1.29, 1.82) is 0 Å². The molecule has 1 amide bonds. The molecule has 6 nitrogen and oxygen atoms in total. The van der Waals surface area contributed by atoms with E-state index in [1.54, 1.807) is 6.20 Å². The van der Waals surface area contributed by atoms with E-state index in [4.69, 9.17) is 5.73 Å². The van der Waals surface area contributed by atoms with Crippen LogP contribution in [0.3, 0.4) is 0 Å². The summed E-state index contributed by atoms with van der Waals surface area (Å²) in [4.78, 5) is 16.8. The lowest BCUT2D eigenvalue weighted by Crippen LogP contribution is -2.25. The van der Waals surface area contributed by atoms with Gasteiger partial charge in [-0.3, -0.25) is 9.48 Å². The Morgan fingerprint density at radius 2 is 2.00 bits per heavy atom. The second kappa shape index (κ2) is 6.86. The van der Waals surface area contributed by atoms with Crippen molar-refractivity contribution in [3.8, 4) is 11.1 Å². The zero-order valence-electron chi connectivity index (χ0n) is 14.5. The minimum absolute atomic E-state index is 0.0492. The third-order valence-corrected chi connectivity index (χ3v) is 5.48. The summed E-state index contributed by atoms with van der Waals surface area (Å²) < 4.78 is 2.07. The van der Waals surface area contributed by atoms with Crippen molar-refractivity contribution in [1.82, 2.24) is 14.8 Å². The first kappa shape index (κ1) is 16.1. The van der Waals surface area contributed by atoms with E-state index in [-0.39, 0.29) is 11.8 Å². The van der Waals surface area contributed by atoms with Gasteiger partial charge in [-0.1, -0.05) is 19.3 Å². The van der Waals surface area contributed by atoms with Gasteiger partial charge in [0.05, 0.1) is 11.9 Å². The molecule has 0 spiro atoms. The fourth-order valence-corrected chi connectivity index (χ4v) is 4.04. The molecule has 3 N–H and O–H groups in total. The lowest BCUT2D eigenvalue weighted by atomic mass is 9.88. The number of carbonyl (C=O) groups excluding carboxylic acids is 1. The number of hydrogen-bond acceptors (Lipinski definition) is 4. The standard InChI is InChI=1S/C19H25N5O/c20-17-14(15-12-22-24-11-5-4-8-16(15)24)9-10-21-18(17)23-19(25)13-6-2-1-3-7-13/h9-10,12-13H,1-8,11,20H2,(H,21,23,25). The third kappa shape index (κ3) is 3.13. The summed E-state index contributed by atoms with van der Waals surface area (Å²) in [5.74, 6) is 0.611. The second-order valence-corrected chi connectivity index (χ2v) is 7.13. The van der Waals surface area contributed by atoms with Crippen molar-refractivity contribution < 1.29 is 4.79 Å². The summed E-state index contributed by atoms with van der Waals surface area (Å²) in [5, 5.41) is 7.45. The second-order valence-electron chi connectivity index (χ2n) is 7.13. The highest BCUT2D eigenvalue weighted by Crippen LogP contribution is 2.35. The van der Waals surface area contributed by atoms with E-state index in [0.29, 0.717) is 11.5 Å². The van der Waals surface area contributed by atoms with E-state index in [0.717, 1.165) is 49.8 Å². The number of hydrogen-bond donors (Lipinski definition) is 2. The highest BCUT2D eigenvalue weighted by molar-refractivity contribution is 5.97. The van der Waals surface area contributed by atoms with Gasteiger partial charge in [-0.2, -0.15) is 5.10 Å². The van der Waals surface area contributed by atoms with Crippen molar-refractivity contribution in [3.05, 3.63) is 24.2 Å². The van der Waals surface area contributed by atoms with Gasteiger partial charge in [0, 0.05) is 35.5 Å². The molecule has 4 rings (SSSR count). The van der Waals surface area contributed by atoms with Gasteiger partial charge >= 0.3 is 0 Å². The van der Waals surface area contributed by atoms with Crippen molar-refractivity contribution in [2.75, 3.05) is 11.1 Å². The molecule has 25 heavy (non-hydrogen) atoms. The van der Waals surface area contributed by atoms with E-state index in [1.807, 2.05) is 12.3 Å². The summed E-state index contributed by atoms with van der Waals surface area (Å²) in [6.07, 6.45) is 12.4. The van der Waals surface area contributed by atoms with Crippen LogP contribution in [0.25, 0.3) is 11.1 Å². The van der Waals surface area contributed by atoms with Crippen LogP contribution in [-0.2, 0) is 17.8 Å². The molecule has 3 heterocycles. The number of rotatable bonds is 3. The molecule has 0 unspecified atom stereocenters. The fraction of sp³-hybridized carbons (Fsp3) is 0.526. The summed E-state index contributed by atoms with van der Waals surface area (Å²) in [6.45, 7) is 0.964. The number of nitrogens with zero attached hydrogens (tertiary/aromatic N) is 3. The van der Waals surface area contributed by atoms with Crippen LogP contribution in [0.4, 0.5) is 11.5 Å². The number of nitrogens with one attached hydrogen (secondary N) is 1. The lowest BCUT2D eigenvalue weighted by Gasteiger charge is -2.21. The summed E-state index contributed by atoms with van der Waals surface area (Å²) >= 11 is 0. The maximum absolute atomic E-state index is 12.5. The predicted octanol–water partition coefficient (Wildman–Crippen LogP) is 3.38. The highest BCUT2D eigenvalue weighted by Gasteiger charge is 2.23. The number of fused-ring (bicyclic) bond motifs is 1. The smallest absolute Gasteiger partial charge is 0.228 e. The van der Waals surface area contributed by atoms with E-state index in [2.05, 4.69) is 20.1 Å². The van der Waals surface area contributed by atoms with Gasteiger partial charge in [0.25, 0.3) is 0 Å². The van der Waals surface area contributed by atoms with Gasteiger partial charge < -0.3 is 11.1 Å². The van der Waals surface area contributed by atoms with Gasteiger partial charge in [-0.15, -0.1) is 0 Å². The van der Waals surface area contributed by atoms with E-state index in [9.17, 15) is 4.79 Å². The Labute approximate surface area is 147 Å². The molecule has 1 aliphatic heterocycles. The summed E-state index contributed by atoms with van der Waals surface area (Å²) in [7, 11) is 0. The van der Waals surface area contributed by atoms with Gasteiger partial charge in [0.2, 0.25) is 5.91 Å². The molecule has 1 fully saturated rings. The molecule has 2 aliphatic rings. The van der Waals surface area contributed by atoms with E-state index >= 15 is 0 Å². The Kier molecular flexibility index (Phi) is 4.42. The number of nitrogen functional groups attached to an aromatic ring is 1. The third-order valence-electron chi connectivity index (χ3n) is 5.48. The molecule has 0 saturated heterocycles. The van der Waals surface area contributed by atoms with Crippen LogP contribution in [-0.4, -0.2) is 20.7 Å². The molecule has 132 valence electrons. The van der Waals surface area contributed by atoms with Crippen LogP contribution in [0.1, 0.15) is 50.6 Å². The molecule has 0 bridgehead atoms. The first-order valence-electron chi connectivity index (χ1n) is 9.34. The van der Waals surface area contributed by atoms with Gasteiger partial charge in [0.1, 0.15) is 0 Å². The molecule has 0 aromatic carbocycles. The summed E-state index contributed by atoms with van der Waals surface area (Å²) in [5.41, 5.74) is 10.1. The van der Waals surface area contributed by atoms with Crippen molar-refractivity contribution in [2.45, 2.75) is 57.9 Å². The number of aryl methyl sites for hydroxylation is 1. The maximum Gasteiger partial charge on any atom is 0.228 e. The van der Waals surface area contributed by atoms with Crippen molar-refractivity contribution in [2.24, 2.45) is 5.92 Å². The zero-order valence-corrected chi connectivity index (χ0v) is 14.5. The molecule has 1 aliphatic carbocycles. The Morgan fingerprint density at radius 3 is 2.84 bits per heavy atom. The van der Waals surface area contributed by atoms with Gasteiger partial charge in [0.15, 0.2) is 5.82 Å². The van der Waals surface area contributed by atoms with Crippen molar-refractivity contribution in [3.63, 3.8) is 0 Å². The Bertz CT molecular complexity index is 776. The number of aromatic nitrogens is 3. The van der Waals surface area contributed by atoms with Crippen LogP contribution in [0.5, 0.6) is 0 Å². The molecule has 1 saturated carbocycles. The largest absolute Gasteiger partial charge is 0.395 e. The van der Waals surface area contributed by atoms with Crippen molar-refractivity contribution >= 4 is 17.4 Å². The average Bonchev–Trinajstić information content (AvgIpc) is 3.08. The van der Waals surface area contributed by atoms with Gasteiger partial charge in [-0.25, -0.2) is 4.98 Å². The Balaban J connectivity index is 1.60. The minimum atomic E-state index is 0.0492. The first-order valence-corrected chi connectivity index (χ1v) is 9.34. The molecular formula is C19H25N5O. The normalized spacial score (nSPS) is 17.9. The molecule has 2 aromatic rings. The lowest BCUT2D eigenvalue weighted by molar-refractivity contribution is -0.120. The van der Waals surface area contributed by atoms with Crippen LogP contribution in [0, 0.1) is 5.92 Å². The predicted molar refractivity (Wildman–Crippen MR) is 98.0 cm³/mol. The van der Waals surface area contributed by atoms with Crippen LogP contribution in [0.15, 0.2) is 18.5 Å². The Hall–Kier alpha value is -2.37. The number of carbonyl (C=O) groups is 1. The fourth-order valence-electron chi connectivity index (χ4n) is 4.04. The topological polar surface area (TPSA) is 85.8 Å². The van der Waals surface area contributed by atoms with Crippen LogP contribution < -0.4 is 11.1 Å². The van der Waals surface area contributed by atoms with Crippen LogP contribution >= 0.6 is 0 Å². The maximum atomic E-state index is 12.5. The molecule has 0 atom stereocenters. The minimum Gasteiger partial charge on any atom is -0.395 e. The quantitative estimate of drug-likeness (QED) is 0.897.